The van der Waals surface area contributed by atoms with Crippen LogP contribution in [0.2, 0.25) is 0 Å². The van der Waals surface area contributed by atoms with Gasteiger partial charge >= 0.3 is 6.09 Å². The number of fused-ring (bicyclic) bond motifs is 1. The van der Waals surface area contributed by atoms with Crippen LogP contribution in [0.1, 0.15) is 58.1 Å². The molecule has 0 spiro atoms. The second-order valence-corrected chi connectivity index (χ2v) is 9.62. The second-order valence-electron chi connectivity index (χ2n) is 9.62. The van der Waals surface area contributed by atoms with E-state index in [0.717, 1.165) is 23.1 Å². The molecule has 1 aliphatic rings. The van der Waals surface area contributed by atoms with Crippen LogP contribution in [-0.2, 0) is 10.3 Å². The average Bonchev–Trinajstić information content (AvgIpc) is 3.31. The molecule has 2 heterocycles. The molecule has 164 valence electrons. The number of carbonyl (C=O) groups excluding carboxylic acids is 1. The summed E-state index contributed by atoms with van der Waals surface area (Å²) in [4.78, 5) is 19.6. The Morgan fingerprint density at radius 2 is 1.97 bits per heavy atom. The molecule has 4 rings (SSSR count). The summed E-state index contributed by atoms with van der Waals surface area (Å²) in [6, 6.07) is 16.8. The molecule has 1 atom stereocenters. The van der Waals surface area contributed by atoms with Crippen molar-refractivity contribution in [3.8, 4) is 0 Å². The van der Waals surface area contributed by atoms with E-state index in [1.165, 1.54) is 5.56 Å². The van der Waals surface area contributed by atoms with Gasteiger partial charge in [-0.25, -0.2) is 4.79 Å². The number of oxazole rings is 1. The van der Waals surface area contributed by atoms with E-state index >= 15 is 0 Å². The number of benzene rings is 2. The van der Waals surface area contributed by atoms with Gasteiger partial charge in [-0.15, -0.1) is 0 Å². The molecular formula is C25H31N3O3. The van der Waals surface area contributed by atoms with Gasteiger partial charge < -0.3 is 19.4 Å². The quantitative estimate of drug-likeness (QED) is 0.595. The van der Waals surface area contributed by atoms with Gasteiger partial charge in [0.1, 0.15) is 11.1 Å². The molecule has 6 heteroatoms. The van der Waals surface area contributed by atoms with Gasteiger partial charge in [-0.3, -0.25) is 0 Å². The zero-order valence-corrected chi connectivity index (χ0v) is 18.9. The maximum atomic E-state index is 12.8. The van der Waals surface area contributed by atoms with Crippen LogP contribution in [0.5, 0.6) is 0 Å². The van der Waals surface area contributed by atoms with E-state index in [-0.39, 0.29) is 0 Å². The first-order chi connectivity index (χ1) is 14.7. The highest BCUT2D eigenvalue weighted by molar-refractivity contribution is 5.74. The number of rotatable bonds is 4. The molecule has 1 unspecified atom stereocenters. The Labute approximate surface area is 183 Å². The van der Waals surface area contributed by atoms with Crippen LogP contribution in [-0.4, -0.2) is 29.8 Å². The number of carbonyl (C=O) groups is 1. The summed E-state index contributed by atoms with van der Waals surface area (Å²) in [5.41, 5.74) is 2.75. The molecule has 2 aromatic carbocycles. The molecule has 6 nitrogen and oxygen atoms in total. The van der Waals surface area contributed by atoms with Gasteiger partial charge in [0.25, 0.3) is 6.01 Å². The molecule has 1 N–H and O–H groups in total. The molecule has 0 radical (unpaired) electrons. The number of amides is 1. The van der Waals surface area contributed by atoms with Crippen molar-refractivity contribution in [2.24, 2.45) is 0 Å². The number of alkyl carbamates (subject to hydrolysis) is 1. The van der Waals surface area contributed by atoms with Gasteiger partial charge in [0.2, 0.25) is 0 Å². The van der Waals surface area contributed by atoms with Gasteiger partial charge in [0.15, 0.2) is 5.58 Å². The van der Waals surface area contributed by atoms with Crippen molar-refractivity contribution in [3.05, 3.63) is 59.7 Å². The minimum absolute atomic E-state index is 0.396. The van der Waals surface area contributed by atoms with Crippen LogP contribution in [0.4, 0.5) is 10.8 Å². The third-order valence-electron chi connectivity index (χ3n) is 5.67. The SMILES string of the molecule is CC(C)c1cccc(C2(NC(=O)OC(C)(C)C)CCN(c3nc4ccccc4o3)C2)c1. The molecule has 31 heavy (non-hydrogen) atoms. The minimum atomic E-state index is -0.589. The fourth-order valence-corrected chi connectivity index (χ4v) is 4.07. The maximum absolute atomic E-state index is 12.8. The Hall–Kier alpha value is -3.02. The lowest BCUT2D eigenvalue weighted by atomic mass is 9.86. The number of nitrogens with one attached hydrogen (secondary N) is 1. The van der Waals surface area contributed by atoms with Crippen molar-refractivity contribution in [1.82, 2.24) is 10.3 Å². The molecular weight excluding hydrogens is 390 g/mol. The zero-order valence-electron chi connectivity index (χ0n) is 18.9. The van der Waals surface area contributed by atoms with Crippen LogP contribution in [0.3, 0.4) is 0 Å². The Morgan fingerprint density at radius 3 is 2.68 bits per heavy atom. The average molecular weight is 422 g/mol. The fourth-order valence-electron chi connectivity index (χ4n) is 4.07. The normalized spacial score (nSPS) is 19.2. The van der Waals surface area contributed by atoms with Crippen molar-refractivity contribution in [1.29, 1.82) is 0 Å². The zero-order chi connectivity index (χ0) is 22.2. The van der Waals surface area contributed by atoms with E-state index in [2.05, 4.69) is 53.3 Å². The van der Waals surface area contributed by atoms with Crippen LogP contribution >= 0.6 is 0 Å². The summed E-state index contributed by atoms with van der Waals surface area (Å²) in [6.45, 7) is 11.2. The number of para-hydroxylation sites is 2. The molecule has 1 amide bonds. The number of anilines is 1. The monoisotopic (exact) mass is 421 g/mol. The van der Waals surface area contributed by atoms with Crippen LogP contribution in [0.25, 0.3) is 11.1 Å². The van der Waals surface area contributed by atoms with E-state index in [1.807, 2.05) is 45.0 Å². The van der Waals surface area contributed by atoms with Gasteiger partial charge in [-0.05, 0) is 56.4 Å². The summed E-state index contributed by atoms with van der Waals surface area (Å²) in [5, 5.41) is 3.19. The van der Waals surface area contributed by atoms with Gasteiger partial charge in [0.05, 0.1) is 5.54 Å². The van der Waals surface area contributed by atoms with E-state index in [0.29, 0.717) is 25.0 Å². The predicted molar refractivity (Wildman–Crippen MR) is 122 cm³/mol. The lowest BCUT2D eigenvalue weighted by Crippen LogP contribution is -2.49. The van der Waals surface area contributed by atoms with Crippen LogP contribution in [0, 0.1) is 0 Å². The fraction of sp³-hybridized carbons (Fsp3) is 0.440. The van der Waals surface area contributed by atoms with Gasteiger partial charge in [-0.1, -0.05) is 50.2 Å². The highest BCUT2D eigenvalue weighted by atomic mass is 16.6. The molecule has 1 fully saturated rings. The second kappa shape index (κ2) is 7.91. The molecule has 0 bridgehead atoms. The maximum Gasteiger partial charge on any atom is 0.408 e. The van der Waals surface area contributed by atoms with Crippen molar-refractivity contribution in [2.75, 3.05) is 18.0 Å². The number of hydrogen-bond acceptors (Lipinski definition) is 5. The molecule has 0 aliphatic carbocycles. The number of aromatic nitrogens is 1. The minimum Gasteiger partial charge on any atom is -0.444 e. The van der Waals surface area contributed by atoms with Crippen molar-refractivity contribution < 1.29 is 13.9 Å². The van der Waals surface area contributed by atoms with E-state index in [1.54, 1.807) is 0 Å². The van der Waals surface area contributed by atoms with Gasteiger partial charge in [0, 0.05) is 13.1 Å². The lowest BCUT2D eigenvalue weighted by molar-refractivity contribution is 0.0461. The van der Waals surface area contributed by atoms with Crippen molar-refractivity contribution in [3.63, 3.8) is 0 Å². The van der Waals surface area contributed by atoms with E-state index in [9.17, 15) is 4.79 Å². The molecule has 0 saturated carbocycles. The first-order valence-electron chi connectivity index (χ1n) is 10.9. The Bertz CT molecular complexity index is 1050. The lowest BCUT2D eigenvalue weighted by Gasteiger charge is -2.32. The molecule has 3 aromatic rings. The predicted octanol–water partition coefficient (Wildman–Crippen LogP) is 5.58. The smallest absolute Gasteiger partial charge is 0.408 e. The van der Waals surface area contributed by atoms with Crippen molar-refractivity contribution >= 4 is 23.2 Å². The van der Waals surface area contributed by atoms with Crippen LogP contribution < -0.4 is 10.2 Å². The molecule has 1 aliphatic heterocycles. The van der Waals surface area contributed by atoms with E-state index in [4.69, 9.17) is 9.15 Å². The Morgan fingerprint density at radius 1 is 1.19 bits per heavy atom. The number of nitrogens with zero attached hydrogens (tertiary/aromatic N) is 2. The Kier molecular flexibility index (Phi) is 5.42. The summed E-state index contributed by atoms with van der Waals surface area (Å²) in [7, 11) is 0. The molecule has 1 saturated heterocycles. The van der Waals surface area contributed by atoms with Crippen LogP contribution in [0.15, 0.2) is 52.9 Å². The Balaban J connectivity index is 1.67. The number of hydrogen-bond donors (Lipinski definition) is 1. The number of ether oxygens (including phenoxy) is 1. The van der Waals surface area contributed by atoms with Crippen molar-refractivity contribution in [2.45, 2.75) is 58.1 Å². The third kappa shape index (κ3) is 4.53. The topological polar surface area (TPSA) is 67.6 Å². The van der Waals surface area contributed by atoms with Gasteiger partial charge in [-0.2, -0.15) is 4.98 Å². The highest BCUT2D eigenvalue weighted by Crippen LogP contribution is 2.37. The molecule has 1 aromatic heterocycles. The standard InChI is InChI=1S/C25H31N3O3/c1-17(2)18-9-8-10-19(15-18)25(27-23(29)31-24(3,4)5)13-14-28(16-25)22-26-20-11-6-7-12-21(20)30-22/h6-12,15,17H,13-14,16H2,1-5H3,(H,27,29). The first-order valence-corrected chi connectivity index (χ1v) is 10.9. The first kappa shape index (κ1) is 21.2. The summed E-state index contributed by atoms with van der Waals surface area (Å²) >= 11 is 0. The van der Waals surface area contributed by atoms with E-state index < -0.39 is 17.2 Å². The summed E-state index contributed by atoms with van der Waals surface area (Å²) in [5.74, 6) is 0.396. The largest absolute Gasteiger partial charge is 0.444 e. The highest BCUT2D eigenvalue weighted by Gasteiger charge is 2.43. The summed E-state index contributed by atoms with van der Waals surface area (Å²) < 4.78 is 11.6. The third-order valence-corrected chi connectivity index (χ3v) is 5.67. The summed E-state index contributed by atoms with van der Waals surface area (Å²) in [6.07, 6.45) is 0.314.